The van der Waals surface area contributed by atoms with Gasteiger partial charge in [0.2, 0.25) is 6.79 Å². The Morgan fingerprint density at radius 3 is 2.56 bits per heavy atom. The number of rotatable bonds is 6. The molecule has 2 aliphatic heterocycles. The predicted molar refractivity (Wildman–Crippen MR) is 119 cm³/mol. The second-order valence-electron chi connectivity index (χ2n) is 8.84. The number of imide groups is 1. The maximum absolute atomic E-state index is 13.0. The number of ether oxygens (including phenoxy) is 2. The van der Waals surface area contributed by atoms with Crippen LogP contribution in [0.2, 0.25) is 0 Å². The third-order valence-corrected chi connectivity index (χ3v) is 6.76. The zero-order valence-electron chi connectivity index (χ0n) is 18.4. The van der Waals surface area contributed by atoms with Crippen molar-refractivity contribution < 1.29 is 33.8 Å². The van der Waals surface area contributed by atoms with E-state index in [0.29, 0.717) is 17.9 Å². The Balaban J connectivity index is 1.27. The standard InChI is InChI=1S/C25H24N2O7/c28-22(26-11-16-3-1-2-4-17(16)25(31)32)15-6-7-18-19(10-15)24(30)27(23(18)29)12-14-5-8-20-21(9-14)34-13-33-20/h5-10,16-17H,1-4,11-13H2,(H,26,28)(H,31,32)/t16-,17-/m0/s1. The summed E-state index contributed by atoms with van der Waals surface area (Å²) in [5.41, 5.74) is 1.41. The fraction of sp³-hybridized carbons (Fsp3) is 0.360. The van der Waals surface area contributed by atoms with Gasteiger partial charge in [-0.3, -0.25) is 24.1 Å². The lowest BCUT2D eigenvalue weighted by Crippen LogP contribution is -2.37. The van der Waals surface area contributed by atoms with Gasteiger partial charge < -0.3 is 19.9 Å². The number of amides is 3. The van der Waals surface area contributed by atoms with Crippen molar-refractivity contribution in [2.24, 2.45) is 11.8 Å². The van der Waals surface area contributed by atoms with E-state index in [2.05, 4.69) is 5.32 Å². The van der Waals surface area contributed by atoms with E-state index in [-0.39, 0.29) is 42.5 Å². The van der Waals surface area contributed by atoms with Crippen LogP contribution in [-0.4, -0.2) is 47.0 Å². The molecule has 0 unspecified atom stereocenters. The predicted octanol–water partition coefficient (Wildman–Crippen LogP) is 2.83. The Morgan fingerprint density at radius 2 is 1.74 bits per heavy atom. The molecule has 2 N–H and O–H groups in total. The number of benzene rings is 2. The maximum Gasteiger partial charge on any atom is 0.306 e. The van der Waals surface area contributed by atoms with Gasteiger partial charge in [-0.15, -0.1) is 0 Å². The molecule has 9 heteroatoms. The Kier molecular flexibility index (Phi) is 5.69. The molecule has 176 valence electrons. The van der Waals surface area contributed by atoms with E-state index >= 15 is 0 Å². The fourth-order valence-electron chi connectivity index (χ4n) is 4.90. The minimum Gasteiger partial charge on any atom is -0.481 e. The molecule has 3 aliphatic rings. The van der Waals surface area contributed by atoms with Crippen LogP contribution in [0.25, 0.3) is 0 Å². The smallest absolute Gasteiger partial charge is 0.306 e. The Labute approximate surface area is 195 Å². The number of nitrogens with one attached hydrogen (secondary N) is 1. The summed E-state index contributed by atoms with van der Waals surface area (Å²) in [5.74, 6) is -1.51. The topological polar surface area (TPSA) is 122 Å². The van der Waals surface area contributed by atoms with Gasteiger partial charge >= 0.3 is 5.97 Å². The van der Waals surface area contributed by atoms with E-state index in [0.717, 1.165) is 29.7 Å². The molecule has 5 rings (SSSR count). The molecule has 0 aromatic heterocycles. The molecular weight excluding hydrogens is 440 g/mol. The van der Waals surface area contributed by atoms with E-state index in [9.17, 15) is 24.3 Å². The van der Waals surface area contributed by atoms with E-state index in [1.807, 2.05) is 0 Å². The first-order valence-corrected chi connectivity index (χ1v) is 11.3. The number of hydrogen-bond donors (Lipinski definition) is 2. The number of carbonyl (C=O) groups is 4. The quantitative estimate of drug-likeness (QED) is 0.631. The molecule has 1 fully saturated rings. The van der Waals surface area contributed by atoms with Crippen LogP contribution < -0.4 is 14.8 Å². The lowest BCUT2D eigenvalue weighted by atomic mass is 9.79. The Morgan fingerprint density at radius 1 is 0.971 bits per heavy atom. The van der Waals surface area contributed by atoms with Crippen molar-refractivity contribution in [3.05, 3.63) is 58.7 Å². The highest BCUT2D eigenvalue weighted by atomic mass is 16.7. The van der Waals surface area contributed by atoms with Crippen LogP contribution >= 0.6 is 0 Å². The molecule has 0 spiro atoms. The molecule has 0 bridgehead atoms. The van der Waals surface area contributed by atoms with E-state index in [4.69, 9.17) is 9.47 Å². The number of carboxylic acid groups (broad SMARTS) is 1. The molecule has 3 amide bonds. The Bertz CT molecular complexity index is 1190. The van der Waals surface area contributed by atoms with Crippen molar-refractivity contribution in [1.29, 1.82) is 0 Å². The number of carboxylic acids is 1. The van der Waals surface area contributed by atoms with Crippen molar-refractivity contribution >= 4 is 23.7 Å². The number of carbonyl (C=O) groups excluding carboxylic acids is 3. The van der Waals surface area contributed by atoms with Gasteiger partial charge in [-0.25, -0.2) is 0 Å². The van der Waals surface area contributed by atoms with Crippen molar-refractivity contribution in [3.63, 3.8) is 0 Å². The van der Waals surface area contributed by atoms with Crippen molar-refractivity contribution in [1.82, 2.24) is 10.2 Å². The van der Waals surface area contributed by atoms with Gasteiger partial charge in [0.25, 0.3) is 17.7 Å². The number of hydrogen-bond acceptors (Lipinski definition) is 6. The zero-order valence-corrected chi connectivity index (χ0v) is 18.4. The van der Waals surface area contributed by atoms with Crippen LogP contribution in [0.15, 0.2) is 36.4 Å². The molecule has 1 saturated carbocycles. The average Bonchev–Trinajstić information content (AvgIpc) is 3.40. The highest BCUT2D eigenvalue weighted by molar-refractivity contribution is 6.22. The van der Waals surface area contributed by atoms with Crippen LogP contribution in [0.3, 0.4) is 0 Å². The molecule has 2 aromatic rings. The second-order valence-corrected chi connectivity index (χ2v) is 8.84. The summed E-state index contributed by atoms with van der Waals surface area (Å²) in [6, 6.07) is 9.68. The molecule has 9 nitrogen and oxygen atoms in total. The third kappa shape index (κ3) is 3.98. The number of fused-ring (bicyclic) bond motifs is 2. The normalized spacial score (nSPS) is 20.9. The molecule has 0 radical (unpaired) electrons. The summed E-state index contributed by atoms with van der Waals surface area (Å²) < 4.78 is 10.7. The first kappa shape index (κ1) is 21.9. The second kappa shape index (κ2) is 8.81. The first-order valence-electron chi connectivity index (χ1n) is 11.3. The van der Waals surface area contributed by atoms with Gasteiger partial charge in [-0.05, 0) is 54.7 Å². The van der Waals surface area contributed by atoms with Crippen molar-refractivity contribution in [2.45, 2.75) is 32.2 Å². The van der Waals surface area contributed by atoms with Gasteiger partial charge in [0, 0.05) is 12.1 Å². The summed E-state index contributed by atoms with van der Waals surface area (Å²) in [6.07, 6.45) is 3.19. The minimum atomic E-state index is -0.830. The van der Waals surface area contributed by atoms with Gasteiger partial charge in [-0.1, -0.05) is 18.9 Å². The van der Waals surface area contributed by atoms with E-state index in [1.54, 1.807) is 18.2 Å². The highest BCUT2D eigenvalue weighted by Crippen LogP contribution is 2.34. The minimum absolute atomic E-state index is 0.0722. The molecule has 2 atom stereocenters. The average molecular weight is 464 g/mol. The van der Waals surface area contributed by atoms with Crippen molar-refractivity contribution in [2.75, 3.05) is 13.3 Å². The SMILES string of the molecule is O=C(NC[C@@H]1CCCC[C@@H]1C(=O)O)c1ccc2c(c1)C(=O)N(Cc1ccc3c(c1)OCO3)C2=O. The largest absolute Gasteiger partial charge is 0.481 e. The highest BCUT2D eigenvalue weighted by Gasteiger charge is 2.36. The number of nitrogens with zero attached hydrogens (tertiary/aromatic N) is 1. The van der Waals surface area contributed by atoms with Crippen LogP contribution in [0.5, 0.6) is 11.5 Å². The van der Waals surface area contributed by atoms with Gasteiger partial charge in [0.15, 0.2) is 11.5 Å². The van der Waals surface area contributed by atoms with Crippen LogP contribution in [0, 0.1) is 11.8 Å². The van der Waals surface area contributed by atoms with Gasteiger partial charge in [-0.2, -0.15) is 0 Å². The maximum atomic E-state index is 13.0. The van der Waals surface area contributed by atoms with Gasteiger partial charge in [0.1, 0.15) is 0 Å². The van der Waals surface area contributed by atoms with Crippen molar-refractivity contribution in [3.8, 4) is 11.5 Å². The lowest BCUT2D eigenvalue weighted by molar-refractivity contribution is -0.144. The monoisotopic (exact) mass is 464 g/mol. The molecule has 2 heterocycles. The molecule has 2 aromatic carbocycles. The van der Waals surface area contributed by atoms with Crippen LogP contribution in [0.1, 0.15) is 62.3 Å². The third-order valence-electron chi connectivity index (χ3n) is 6.76. The number of aliphatic carboxylic acids is 1. The molecule has 34 heavy (non-hydrogen) atoms. The molecule has 1 aliphatic carbocycles. The summed E-state index contributed by atoms with van der Waals surface area (Å²) in [7, 11) is 0. The first-order chi connectivity index (χ1) is 16.4. The van der Waals surface area contributed by atoms with Crippen LogP contribution in [-0.2, 0) is 11.3 Å². The molecular formula is C25H24N2O7. The van der Waals surface area contributed by atoms with E-state index in [1.165, 1.54) is 18.2 Å². The summed E-state index contributed by atoms with van der Waals surface area (Å²) >= 11 is 0. The van der Waals surface area contributed by atoms with Crippen LogP contribution in [0.4, 0.5) is 0 Å². The zero-order chi connectivity index (χ0) is 23.8. The summed E-state index contributed by atoms with van der Waals surface area (Å²) in [6.45, 7) is 0.465. The molecule has 0 saturated heterocycles. The van der Waals surface area contributed by atoms with Gasteiger partial charge in [0.05, 0.1) is 23.6 Å². The summed E-state index contributed by atoms with van der Waals surface area (Å²) in [5, 5.41) is 12.2. The Hall–Kier alpha value is -3.88. The lowest BCUT2D eigenvalue weighted by Gasteiger charge is -2.28. The summed E-state index contributed by atoms with van der Waals surface area (Å²) in [4.78, 5) is 51.2. The van der Waals surface area contributed by atoms with E-state index < -0.39 is 29.6 Å². The fourth-order valence-corrected chi connectivity index (χ4v) is 4.90.